The van der Waals surface area contributed by atoms with E-state index in [1.54, 1.807) is 0 Å². The van der Waals surface area contributed by atoms with Crippen LogP contribution in [0, 0.1) is 13.8 Å². The van der Waals surface area contributed by atoms with Gasteiger partial charge in [0.25, 0.3) is 0 Å². The molecule has 0 heterocycles. The summed E-state index contributed by atoms with van der Waals surface area (Å²) >= 11 is 4.54. The van der Waals surface area contributed by atoms with E-state index in [0.717, 1.165) is 16.7 Å². The Labute approximate surface area is 102 Å². The van der Waals surface area contributed by atoms with E-state index in [2.05, 4.69) is 12.6 Å². The van der Waals surface area contributed by atoms with Crippen LogP contribution in [0.15, 0.2) is 12.1 Å². The SMILES string of the molecule is CC(=O)Oc1c(C)cc(C(C)(C)S)cc1C. The molecule has 0 unspecified atom stereocenters. The molecule has 88 valence electrons. The molecule has 1 aromatic carbocycles. The molecular formula is C13H18O2S. The monoisotopic (exact) mass is 238 g/mol. The third kappa shape index (κ3) is 3.01. The number of ether oxygens (including phenoxy) is 1. The molecule has 0 aromatic heterocycles. The molecule has 0 aliphatic rings. The maximum Gasteiger partial charge on any atom is 0.308 e. The van der Waals surface area contributed by atoms with Crippen molar-refractivity contribution in [1.82, 2.24) is 0 Å². The van der Waals surface area contributed by atoms with Crippen molar-refractivity contribution in [2.24, 2.45) is 0 Å². The number of rotatable bonds is 2. The zero-order valence-corrected chi connectivity index (χ0v) is 11.3. The number of carbonyl (C=O) groups excluding carboxylic acids is 1. The Balaban J connectivity index is 3.23. The second-order valence-electron chi connectivity index (χ2n) is 4.59. The van der Waals surface area contributed by atoms with E-state index in [4.69, 9.17) is 4.74 Å². The first-order chi connectivity index (χ1) is 7.21. The number of carbonyl (C=O) groups is 1. The molecule has 0 aliphatic heterocycles. The summed E-state index contributed by atoms with van der Waals surface area (Å²) in [5, 5.41) is 0. The van der Waals surface area contributed by atoms with Crippen molar-refractivity contribution in [3.05, 3.63) is 28.8 Å². The molecule has 0 radical (unpaired) electrons. The van der Waals surface area contributed by atoms with Crippen LogP contribution in [-0.4, -0.2) is 5.97 Å². The van der Waals surface area contributed by atoms with Gasteiger partial charge in [-0.25, -0.2) is 0 Å². The summed E-state index contributed by atoms with van der Waals surface area (Å²) in [5.74, 6) is 0.373. The van der Waals surface area contributed by atoms with E-state index in [0.29, 0.717) is 5.75 Å². The lowest BCUT2D eigenvalue weighted by atomic mass is 9.97. The molecule has 0 saturated carbocycles. The van der Waals surface area contributed by atoms with Crippen molar-refractivity contribution in [2.75, 3.05) is 0 Å². The van der Waals surface area contributed by atoms with Gasteiger partial charge in [-0.3, -0.25) is 4.79 Å². The van der Waals surface area contributed by atoms with Gasteiger partial charge in [0.2, 0.25) is 0 Å². The van der Waals surface area contributed by atoms with Gasteiger partial charge in [-0.15, -0.1) is 0 Å². The molecule has 0 atom stereocenters. The van der Waals surface area contributed by atoms with Crippen molar-refractivity contribution < 1.29 is 9.53 Å². The second-order valence-corrected chi connectivity index (χ2v) is 5.71. The van der Waals surface area contributed by atoms with Crippen LogP contribution < -0.4 is 4.74 Å². The molecule has 16 heavy (non-hydrogen) atoms. The molecule has 0 bridgehead atoms. The lowest BCUT2D eigenvalue weighted by Gasteiger charge is -2.21. The van der Waals surface area contributed by atoms with Crippen LogP contribution >= 0.6 is 12.6 Å². The lowest BCUT2D eigenvalue weighted by Crippen LogP contribution is -2.10. The topological polar surface area (TPSA) is 26.3 Å². The first-order valence-corrected chi connectivity index (χ1v) is 5.69. The Hall–Kier alpha value is -0.960. The molecular weight excluding hydrogens is 220 g/mol. The molecule has 0 saturated heterocycles. The molecule has 0 amide bonds. The zero-order chi connectivity index (χ0) is 12.5. The first kappa shape index (κ1) is 13.1. The fourth-order valence-corrected chi connectivity index (χ4v) is 1.74. The van der Waals surface area contributed by atoms with E-state index in [9.17, 15) is 4.79 Å². The average molecular weight is 238 g/mol. The van der Waals surface area contributed by atoms with Crippen molar-refractivity contribution in [1.29, 1.82) is 0 Å². The lowest BCUT2D eigenvalue weighted by molar-refractivity contribution is -0.131. The summed E-state index contributed by atoms with van der Waals surface area (Å²) in [5.41, 5.74) is 3.06. The number of hydrogen-bond acceptors (Lipinski definition) is 3. The third-order valence-corrected chi connectivity index (χ3v) is 2.67. The van der Waals surface area contributed by atoms with E-state index in [-0.39, 0.29) is 10.7 Å². The van der Waals surface area contributed by atoms with E-state index >= 15 is 0 Å². The highest BCUT2D eigenvalue weighted by Gasteiger charge is 2.18. The number of aryl methyl sites for hydroxylation is 2. The highest BCUT2D eigenvalue weighted by Crippen LogP contribution is 2.33. The molecule has 0 fully saturated rings. The first-order valence-electron chi connectivity index (χ1n) is 5.24. The molecule has 1 rings (SSSR count). The number of esters is 1. The van der Waals surface area contributed by atoms with Crippen LogP contribution in [0.5, 0.6) is 5.75 Å². The number of hydrogen-bond donors (Lipinski definition) is 1. The molecule has 2 nitrogen and oxygen atoms in total. The van der Waals surface area contributed by atoms with E-state index < -0.39 is 0 Å². The van der Waals surface area contributed by atoms with Crippen LogP contribution in [0.4, 0.5) is 0 Å². The maximum atomic E-state index is 11.0. The number of benzene rings is 1. The van der Waals surface area contributed by atoms with Crippen LogP contribution in [0.3, 0.4) is 0 Å². The minimum atomic E-state index is -0.288. The van der Waals surface area contributed by atoms with E-state index in [1.807, 2.05) is 39.8 Å². The van der Waals surface area contributed by atoms with Crippen LogP contribution in [0.1, 0.15) is 37.5 Å². The van der Waals surface area contributed by atoms with Crippen molar-refractivity contribution in [3.8, 4) is 5.75 Å². The van der Waals surface area contributed by atoms with Crippen LogP contribution in [0.25, 0.3) is 0 Å². The van der Waals surface area contributed by atoms with Crippen molar-refractivity contribution in [2.45, 2.75) is 39.4 Å². The van der Waals surface area contributed by atoms with Gasteiger partial charge < -0.3 is 4.74 Å². The third-order valence-electron chi connectivity index (χ3n) is 2.41. The van der Waals surface area contributed by atoms with Gasteiger partial charge in [-0.1, -0.05) is 12.1 Å². The normalized spacial score (nSPS) is 11.4. The second kappa shape index (κ2) is 4.50. The summed E-state index contributed by atoms with van der Waals surface area (Å²) in [6.07, 6.45) is 0. The summed E-state index contributed by atoms with van der Waals surface area (Å²) in [7, 11) is 0. The minimum absolute atomic E-state index is 0.190. The number of thiol groups is 1. The van der Waals surface area contributed by atoms with Gasteiger partial charge in [0.1, 0.15) is 5.75 Å². The van der Waals surface area contributed by atoms with Crippen molar-refractivity contribution in [3.63, 3.8) is 0 Å². The summed E-state index contributed by atoms with van der Waals surface area (Å²) < 4.78 is 4.99. The molecule has 1 aromatic rings. The fourth-order valence-electron chi connectivity index (χ4n) is 1.61. The summed E-state index contributed by atoms with van der Waals surface area (Å²) in [6.45, 7) is 9.36. The molecule has 0 spiro atoms. The Morgan fingerprint density at radius 3 is 2.00 bits per heavy atom. The van der Waals surface area contributed by atoms with Crippen molar-refractivity contribution >= 4 is 18.6 Å². The average Bonchev–Trinajstić information content (AvgIpc) is 2.09. The van der Waals surface area contributed by atoms with Gasteiger partial charge >= 0.3 is 5.97 Å². The van der Waals surface area contributed by atoms with Gasteiger partial charge in [0, 0.05) is 11.7 Å². The molecule has 0 aliphatic carbocycles. The van der Waals surface area contributed by atoms with Gasteiger partial charge in [0.05, 0.1) is 0 Å². The zero-order valence-electron chi connectivity index (χ0n) is 10.4. The maximum absolute atomic E-state index is 11.0. The molecule has 0 N–H and O–H groups in total. The van der Waals surface area contributed by atoms with Crippen LogP contribution in [0.2, 0.25) is 0 Å². The highest BCUT2D eigenvalue weighted by molar-refractivity contribution is 7.81. The largest absolute Gasteiger partial charge is 0.426 e. The predicted molar refractivity (Wildman–Crippen MR) is 69.2 cm³/mol. The van der Waals surface area contributed by atoms with Crippen LogP contribution in [-0.2, 0) is 9.54 Å². The smallest absolute Gasteiger partial charge is 0.308 e. The fraction of sp³-hybridized carbons (Fsp3) is 0.462. The summed E-state index contributed by atoms with van der Waals surface area (Å²) in [4.78, 5) is 11.0. The Kier molecular flexibility index (Phi) is 3.68. The van der Waals surface area contributed by atoms with Gasteiger partial charge in [-0.05, 0) is 44.4 Å². The highest BCUT2D eigenvalue weighted by atomic mass is 32.1. The summed E-state index contributed by atoms with van der Waals surface area (Å²) in [6, 6.07) is 4.02. The van der Waals surface area contributed by atoms with Gasteiger partial charge in [0.15, 0.2) is 0 Å². The Morgan fingerprint density at radius 2 is 1.69 bits per heavy atom. The van der Waals surface area contributed by atoms with E-state index in [1.165, 1.54) is 6.92 Å². The minimum Gasteiger partial charge on any atom is -0.426 e. The predicted octanol–water partition coefficient (Wildman–Crippen LogP) is 3.39. The Bertz CT molecular complexity index is 393. The Morgan fingerprint density at radius 1 is 1.25 bits per heavy atom. The van der Waals surface area contributed by atoms with Gasteiger partial charge in [-0.2, -0.15) is 12.6 Å². The quantitative estimate of drug-likeness (QED) is 0.485. The molecule has 3 heteroatoms. The standard InChI is InChI=1S/C13H18O2S/c1-8-6-11(13(4,5)16)7-9(2)12(8)15-10(3)14/h6-7,16H,1-5H3.